The van der Waals surface area contributed by atoms with Crippen LogP contribution in [-0.4, -0.2) is 17.7 Å². The lowest BCUT2D eigenvalue weighted by Crippen LogP contribution is -2.40. The van der Waals surface area contributed by atoms with E-state index in [9.17, 15) is 14.3 Å². The molecule has 0 aliphatic rings. The van der Waals surface area contributed by atoms with Crippen LogP contribution in [0.5, 0.6) is 0 Å². The van der Waals surface area contributed by atoms with Crippen molar-refractivity contribution in [1.29, 1.82) is 0 Å². The van der Waals surface area contributed by atoms with Crippen LogP contribution in [0.4, 0.5) is 14.9 Å². The smallest absolute Gasteiger partial charge is 0.319 e. The summed E-state index contributed by atoms with van der Waals surface area (Å²) < 4.78 is 18.9. The van der Waals surface area contributed by atoms with Crippen molar-refractivity contribution in [2.24, 2.45) is 0 Å². The average molecular weight is 341 g/mol. The van der Waals surface area contributed by atoms with E-state index in [2.05, 4.69) is 10.6 Å². The summed E-state index contributed by atoms with van der Waals surface area (Å²) in [5, 5.41) is 15.7. The first-order valence-electron chi connectivity index (χ1n) is 6.99. The molecule has 124 valence electrons. The lowest BCUT2D eigenvalue weighted by Gasteiger charge is -2.23. The van der Waals surface area contributed by atoms with Crippen molar-refractivity contribution in [3.63, 3.8) is 0 Å². The van der Waals surface area contributed by atoms with Gasteiger partial charge in [-0.2, -0.15) is 0 Å². The molecule has 1 aromatic carbocycles. The van der Waals surface area contributed by atoms with Gasteiger partial charge in [-0.15, -0.1) is 0 Å². The molecule has 0 spiro atoms. The lowest BCUT2D eigenvalue weighted by atomic mass is 9.96. The second-order valence-corrected chi connectivity index (χ2v) is 5.97. The molecule has 3 N–H and O–H groups in total. The highest BCUT2D eigenvalue weighted by Gasteiger charge is 2.28. The normalized spacial score (nSPS) is 13.5. The number of nitrogens with one attached hydrogen (secondary N) is 2. The molecule has 0 fully saturated rings. The Labute approximate surface area is 138 Å². The number of furan rings is 1. The van der Waals surface area contributed by atoms with E-state index < -0.39 is 17.4 Å². The molecule has 2 amide bonds. The average Bonchev–Trinajstić information content (AvgIpc) is 2.80. The van der Waals surface area contributed by atoms with Gasteiger partial charge in [-0.1, -0.05) is 11.6 Å². The first-order valence-corrected chi connectivity index (χ1v) is 7.36. The molecule has 0 aliphatic carbocycles. The number of halogens is 2. The van der Waals surface area contributed by atoms with Gasteiger partial charge in [0.25, 0.3) is 0 Å². The summed E-state index contributed by atoms with van der Waals surface area (Å²) >= 11 is 5.76. The lowest BCUT2D eigenvalue weighted by molar-refractivity contribution is 0.0584. The third-order valence-electron chi connectivity index (χ3n) is 3.39. The number of aryl methyl sites for hydroxylation is 2. The molecule has 1 heterocycles. The van der Waals surface area contributed by atoms with Gasteiger partial charge in [-0.3, -0.25) is 0 Å². The summed E-state index contributed by atoms with van der Waals surface area (Å²) in [6, 6.07) is 4.91. The van der Waals surface area contributed by atoms with Crippen molar-refractivity contribution < 1.29 is 18.7 Å². The van der Waals surface area contributed by atoms with E-state index in [-0.39, 0.29) is 12.2 Å². The van der Waals surface area contributed by atoms with E-state index in [1.54, 1.807) is 26.8 Å². The van der Waals surface area contributed by atoms with Gasteiger partial charge in [0.15, 0.2) is 0 Å². The minimum absolute atomic E-state index is 0.0371. The molecule has 0 aliphatic heterocycles. The fourth-order valence-corrected chi connectivity index (χ4v) is 2.45. The third kappa shape index (κ3) is 4.24. The van der Waals surface area contributed by atoms with Gasteiger partial charge in [0.05, 0.1) is 12.2 Å². The number of rotatable bonds is 4. The fraction of sp³-hybridized carbons (Fsp3) is 0.312. The van der Waals surface area contributed by atoms with E-state index in [0.29, 0.717) is 22.1 Å². The van der Waals surface area contributed by atoms with Crippen LogP contribution in [0.15, 0.2) is 28.7 Å². The summed E-state index contributed by atoms with van der Waals surface area (Å²) in [6.07, 6.45) is 0. The molecule has 0 saturated carbocycles. The van der Waals surface area contributed by atoms with Crippen molar-refractivity contribution in [3.8, 4) is 0 Å². The second-order valence-electron chi connectivity index (χ2n) is 5.53. The third-order valence-corrected chi connectivity index (χ3v) is 3.63. The molecule has 5 nitrogen and oxygen atoms in total. The molecule has 2 aromatic rings. The Balaban J connectivity index is 2.01. The Bertz CT molecular complexity index is 728. The zero-order chi connectivity index (χ0) is 17.2. The summed E-state index contributed by atoms with van der Waals surface area (Å²) in [5.74, 6) is 0.649. The molecule has 1 unspecified atom stereocenters. The number of aliphatic hydroxyl groups is 1. The largest absolute Gasteiger partial charge is 0.466 e. The molecule has 1 atom stereocenters. The summed E-state index contributed by atoms with van der Waals surface area (Å²) in [6.45, 7) is 5.00. The summed E-state index contributed by atoms with van der Waals surface area (Å²) in [4.78, 5) is 11.9. The van der Waals surface area contributed by atoms with Crippen molar-refractivity contribution in [2.45, 2.75) is 26.4 Å². The summed E-state index contributed by atoms with van der Waals surface area (Å²) in [5.41, 5.74) is -0.763. The van der Waals surface area contributed by atoms with Crippen LogP contribution in [-0.2, 0) is 5.60 Å². The predicted molar refractivity (Wildman–Crippen MR) is 86.2 cm³/mol. The van der Waals surface area contributed by atoms with Crippen molar-refractivity contribution in [1.82, 2.24) is 5.32 Å². The number of carbonyl (C=O) groups excluding carboxylic acids is 1. The number of carbonyl (C=O) groups is 1. The quantitative estimate of drug-likeness (QED) is 0.794. The van der Waals surface area contributed by atoms with Gasteiger partial charge in [-0.05, 0) is 45.0 Å². The topological polar surface area (TPSA) is 74.5 Å². The zero-order valence-corrected chi connectivity index (χ0v) is 13.8. The maximum absolute atomic E-state index is 13.6. The van der Waals surface area contributed by atoms with Crippen LogP contribution < -0.4 is 10.6 Å². The highest BCUT2D eigenvalue weighted by atomic mass is 35.5. The minimum atomic E-state index is -1.31. The van der Waals surface area contributed by atoms with Gasteiger partial charge < -0.3 is 20.2 Å². The van der Waals surface area contributed by atoms with Crippen LogP contribution in [0.25, 0.3) is 0 Å². The van der Waals surface area contributed by atoms with Gasteiger partial charge in [-0.25, -0.2) is 9.18 Å². The Kier molecular flexibility index (Phi) is 4.97. The van der Waals surface area contributed by atoms with Crippen LogP contribution in [0.3, 0.4) is 0 Å². The fourth-order valence-electron chi connectivity index (χ4n) is 2.27. The van der Waals surface area contributed by atoms with Gasteiger partial charge in [0.2, 0.25) is 0 Å². The van der Waals surface area contributed by atoms with E-state index in [1.807, 2.05) is 0 Å². The predicted octanol–water partition coefficient (Wildman–Crippen LogP) is 3.72. The Hall–Kier alpha value is -2.05. The second kappa shape index (κ2) is 6.60. The standard InChI is InChI=1S/C16H18ClFN2O3/c1-9-6-12(10(2)23-9)16(3,22)8-19-15(21)20-14-7-11(17)4-5-13(14)18/h4-7,22H,8H2,1-3H3,(H2,19,20,21). The number of urea groups is 1. The van der Waals surface area contributed by atoms with E-state index in [4.69, 9.17) is 16.0 Å². The van der Waals surface area contributed by atoms with Crippen LogP contribution in [0, 0.1) is 19.7 Å². The molecule has 0 bridgehead atoms. The molecule has 7 heteroatoms. The summed E-state index contributed by atoms with van der Waals surface area (Å²) in [7, 11) is 0. The van der Waals surface area contributed by atoms with Gasteiger partial charge in [0.1, 0.15) is 22.9 Å². The van der Waals surface area contributed by atoms with E-state index in [1.165, 1.54) is 12.1 Å². The van der Waals surface area contributed by atoms with Crippen molar-refractivity contribution in [3.05, 3.63) is 52.2 Å². The minimum Gasteiger partial charge on any atom is -0.466 e. The molecule has 23 heavy (non-hydrogen) atoms. The number of hydrogen-bond donors (Lipinski definition) is 3. The molecule has 1 aromatic heterocycles. The monoisotopic (exact) mass is 340 g/mol. The molecule has 2 rings (SSSR count). The Morgan fingerprint density at radius 1 is 1.39 bits per heavy atom. The number of hydrogen-bond acceptors (Lipinski definition) is 3. The van der Waals surface area contributed by atoms with E-state index in [0.717, 1.165) is 6.07 Å². The highest BCUT2D eigenvalue weighted by Crippen LogP contribution is 2.26. The molecular formula is C16H18ClFN2O3. The van der Waals surface area contributed by atoms with Crippen molar-refractivity contribution in [2.75, 3.05) is 11.9 Å². The van der Waals surface area contributed by atoms with Crippen molar-refractivity contribution >= 4 is 23.3 Å². The van der Waals surface area contributed by atoms with Crippen LogP contribution >= 0.6 is 11.6 Å². The highest BCUT2D eigenvalue weighted by molar-refractivity contribution is 6.30. The van der Waals surface area contributed by atoms with E-state index >= 15 is 0 Å². The zero-order valence-electron chi connectivity index (χ0n) is 13.0. The maximum Gasteiger partial charge on any atom is 0.319 e. The Morgan fingerprint density at radius 2 is 2.09 bits per heavy atom. The SMILES string of the molecule is Cc1cc(C(C)(O)CNC(=O)Nc2cc(Cl)ccc2F)c(C)o1. The number of benzene rings is 1. The molecule has 0 radical (unpaired) electrons. The van der Waals surface area contributed by atoms with Gasteiger partial charge in [0, 0.05) is 10.6 Å². The molecule has 0 saturated heterocycles. The first kappa shape index (κ1) is 17.3. The molecular weight excluding hydrogens is 323 g/mol. The number of amides is 2. The van der Waals surface area contributed by atoms with Gasteiger partial charge >= 0.3 is 6.03 Å². The maximum atomic E-state index is 13.6. The number of anilines is 1. The Morgan fingerprint density at radius 3 is 2.70 bits per heavy atom. The van der Waals surface area contributed by atoms with Crippen LogP contribution in [0.1, 0.15) is 24.0 Å². The van der Waals surface area contributed by atoms with Crippen LogP contribution in [0.2, 0.25) is 5.02 Å². The first-order chi connectivity index (χ1) is 10.7.